The number of ether oxygens (including phenoxy) is 1. The van der Waals surface area contributed by atoms with E-state index in [0.717, 1.165) is 50.7 Å². The first-order valence-corrected chi connectivity index (χ1v) is 8.03. The van der Waals surface area contributed by atoms with Crippen molar-refractivity contribution < 1.29 is 4.74 Å². The molecule has 2 atom stereocenters. The molecule has 1 heterocycles. The van der Waals surface area contributed by atoms with Crippen molar-refractivity contribution in [2.24, 2.45) is 11.8 Å². The molecular formula is C16H32N2O. The quantitative estimate of drug-likeness (QED) is 0.848. The lowest BCUT2D eigenvalue weighted by Crippen LogP contribution is -2.56. The fraction of sp³-hybridized carbons (Fsp3) is 1.00. The number of hydrogen-bond acceptors (Lipinski definition) is 3. The molecule has 0 aromatic heterocycles. The van der Waals surface area contributed by atoms with E-state index < -0.39 is 0 Å². The van der Waals surface area contributed by atoms with Gasteiger partial charge in [0.05, 0.1) is 13.2 Å². The van der Waals surface area contributed by atoms with Gasteiger partial charge in [-0.1, -0.05) is 13.8 Å². The molecule has 1 saturated carbocycles. The molecule has 0 amide bonds. The van der Waals surface area contributed by atoms with Crippen molar-refractivity contribution in [1.82, 2.24) is 10.2 Å². The summed E-state index contributed by atoms with van der Waals surface area (Å²) >= 11 is 0. The van der Waals surface area contributed by atoms with Gasteiger partial charge >= 0.3 is 0 Å². The van der Waals surface area contributed by atoms with E-state index in [0.29, 0.717) is 0 Å². The summed E-state index contributed by atoms with van der Waals surface area (Å²) in [5.41, 5.74) is 0.244. The van der Waals surface area contributed by atoms with Crippen LogP contribution < -0.4 is 5.32 Å². The molecule has 2 aliphatic rings. The van der Waals surface area contributed by atoms with E-state index >= 15 is 0 Å². The highest BCUT2D eigenvalue weighted by Gasteiger charge is 2.30. The molecule has 3 heteroatoms. The average molecular weight is 268 g/mol. The summed E-state index contributed by atoms with van der Waals surface area (Å²) in [6.45, 7) is 14.5. The molecule has 19 heavy (non-hydrogen) atoms. The standard InChI is InChI=1S/C16H32N2O/c1-13-9-14(2)11-15(10-13)17-12-16(3,4)18-5-7-19-8-6-18/h13-15,17H,5-12H2,1-4H3. The monoisotopic (exact) mass is 268 g/mol. The molecule has 2 fully saturated rings. The van der Waals surface area contributed by atoms with Gasteiger partial charge in [-0.2, -0.15) is 0 Å². The van der Waals surface area contributed by atoms with Crippen LogP contribution in [0.4, 0.5) is 0 Å². The largest absolute Gasteiger partial charge is 0.379 e. The van der Waals surface area contributed by atoms with Crippen LogP contribution in [-0.2, 0) is 4.74 Å². The number of nitrogens with one attached hydrogen (secondary N) is 1. The van der Waals surface area contributed by atoms with Crippen LogP contribution in [0, 0.1) is 11.8 Å². The number of hydrogen-bond donors (Lipinski definition) is 1. The van der Waals surface area contributed by atoms with Gasteiger partial charge < -0.3 is 10.1 Å². The van der Waals surface area contributed by atoms with Crippen molar-refractivity contribution in [3.05, 3.63) is 0 Å². The Hall–Kier alpha value is -0.120. The third kappa shape index (κ3) is 4.44. The van der Waals surface area contributed by atoms with Crippen molar-refractivity contribution in [3.8, 4) is 0 Å². The first-order valence-electron chi connectivity index (χ1n) is 8.03. The van der Waals surface area contributed by atoms with Crippen LogP contribution in [0.25, 0.3) is 0 Å². The van der Waals surface area contributed by atoms with Crippen LogP contribution in [0.5, 0.6) is 0 Å². The molecule has 0 radical (unpaired) electrons. The second kappa shape index (κ2) is 6.55. The zero-order valence-electron chi connectivity index (χ0n) is 13.2. The number of nitrogens with zero attached hydrogens (tertiary/aromatic N) is 1. The van der Waals surface area contributed by atoms with Gasteiger partial charge in [-0.3, -0.25) is 4.90 Å². The summed E-state index contributed by atoms with van der Waals surface area (Å²) < 4.78 is 5.46. The van der Waals surface area contributed by atoms with E-state index in [1.165, 1.54) is 19.3 Å². The maximum atomic E-state index is 5.46. The highest BCUT2D eigenvalue weighted by Crippen LogP contribution is 2.29. The second-order valence-electron chi connectivity index (χ2n) is 7.41. The molecule has 0 aromatic rings. The van der Waals surface area contributed by atoms with E-state index in [1.54, 1.807) is 0 Å². The summed E-state index contributed by atoms with van der Waals surface area (Å²) in [6, 6.07) is 0.721. The maximum absolute atomic E-state index is 5.46. The fourth-order valence-electron chi connectivity index (χ4n) is 3.79. The summed E-state index contributed by atoms with van der Waals surface area (Å²) in [6.07, 6.45) is 4.11. The molecule has 2 rings (SSSR count). The summed E-state index contributed by atoms with van der Waals surface area (Å²) in [4.78, 5) is 2.57. The number of morpholine rings is 1. The van der Waals surface area contributed by atoms with Crippen LogP contribution in [0.2, 0.25) is 0 Å². The van der Waals surface area contributed by atoms with Crippen LogP contribution in [-0.4, -0.2) is 49.3 Å². The normalized spacial score (nSPS) is 34.4. The van der Waals surface area contributed by atoms with Crippen LogP contribution >= 0.6 is 0 Å². The second-order valence-corrected chi connectivity index (χ2v) is 7.41. The number of rotatable bonds is 4. The molecule has 1 N–H and O–H groups in total. The Balaban J connectivity index is 1.79. The molecule has 2 unspecified atom stereocenters. The first kappa shape index (κ1) is 15.3. The Morgan fingerprint density at radius 3 is 2.21 bits per heavy atom. The highest BCUT2D eigenvalue weighted by molar-refractivity contribution is 4.88. The minimum absolute atomic E-state index is 0.244. The molecule has 1 saturated heterocycles. The van der Waals surface area contributed by atoms with Gasteiger partial charge in [-0.15, -0.1) is 0 Å². The Morgan fingerprint density at radius 2 is 1.63 bits per heavy atom. The predicted octanol–water partition coefficient (Wildman–Crippen LogP) is 2.51. The Bertz CT molecular complexity index is 264. The van der Waals surface area contributed by atoms with Gasteiger partial charge in [0.25, 0.3) is 0 Å². The van der Waals surface area contributed by atoms with Crippen molar-refractivity contribution >= 4 is 0 Å². The van der Waals surface area contributed by atoms with Crippen LogP contribution in [0.1, 0.15) is 47.0 Å². The van der Waals surface area contributed by atoms with E-state index in [-0.39, 0.29) is 5.54 Å². The third-order valence-electron chi connectivity index (χ3n) is 4.87. The molecule has 0 aromatic carbocycles. The summed E-state index contributed by atoms with van der Waals surface area (Å²) in [5.74, 6) is 1.76. The van der Waals surface area contributed by atoms with Crippen molar-refractivity contribution in [1.29, 1.82) is 0 Å². The van der Waals surface area contributed by atoms with Gasteiger partial charge in [0.2, 0.25) is 0 Å². The molecule has 0 spiro atoms. The third-order valence-corrected chi connectivity index (χ3v) is 4.87. The van der Waals surface area contributed by atoms with Crippen molar-refractivity contribution in [2.75, 3.05) is 32.8 Å². The van der Waals surface area contributed by atoms with E-state index in [2.05, 4.69) is 37.9 Å². The minimum Gasteiger partial charge on any atom is -0.379 e. The molecule has 112 valence electrons. The lowest BCUT2D eigenvalue weighted by Gasteiger charge is -2.42. The van der Waals surface area contributed by atoms with Gasteiger partial charge in [0.1, 0.15) is 0 Å². The molecule has 1 aliphatic carbocycles. The fourth-order valence-corrected chi connectivity index (χ4v) is 3.79. The van der Waals surface area contributed by atoms with E-state index in [1.807, 2.05) is 0 Å². The van der Waals surface area contributed by atoms with Gasteiger partial charge in [-0.05, 0) is 44.9 Å². The van der Waals surface area contributed by atoms with Crippen molar-refractivity contribution in [2.45, 2.75) is 58.5 Å². The average Bonchev–Trinajstić information content (AvgIpc) is 2.37. The zero-order valence-corrected chi connectivity index (χ0v) is 13.2. The predicted molar refractivity (Wildman–Crippen MR) is 80.4 cm³/mol. The smallest absolute Gasteiger partial charge is 0.0594 e. The van der Waals surface area contributed by atoms with Crippen molar-refractivity contribution in [3.63, 3.8) is 0 Å². The minimum atomic E-state index is 0.244. The molecule has 3 nitrogen and oxygen atoms in total. The van der Waals surface area contributed by atoms with Gasteiger partial charge in [0, 0.05) is 31.2 Å². The van der Waals surface area contributed by atoms with Crippen LogP contribution in [0.15, 0.2) is 0 Å². The van der Waals surface area contributed by atoms with E-state index in [9.17, 15) is 0 Å². The Kier molecular flexibility index (Phi) is 5.27. The lowest BCUT2D eigenvalue weighted by molar-refractivity contribution is -0.0111. The highest BCUT2D eigenvalue weighted by atomic mass is 16.5. The summed E-state index contributed by atoms with van der Waals surface area (Å²) in [7, 11) is 0. The molecule has 0 bridgehead atoms. The first-order chi connectivity index (χ1) is 8.97. The lowest BCUT2D eigenvalue weighted by atomic mass is 9.80. The molecular weight excluding hydrogens is 236 g/mol. The Morgan fingerprint density at radius 1 is 1.05 bits per heavy atom. The van der Waals surface area contributed by atoms with Gasteiger partial charge in [0.15, 0.2) is 0 Å². The summed E-state index contributed by atoms with van der Waals surface area (Å²) in [5, 5.41) is 3.84. The SMILES string of the molecule is CC1CC(C)CC(NCC(C)(C)N2CCOCC2)C1. The topological polar surface area (TPSA) is 24.5 Å². The van der Waals surface area contributed by atoms with Crippen LogP contribution in [0.3, 0.4) is 0 Å². The Labute approximate surface area is 119 Å². The van der Waals surface area contributed by atoms with E-state index in [4.69, 9.17) is 4.74 Å². The molecule has 1 aliphatic heterocycles. The van der Waals surface area contributed by atoms with Gasteiger partial charge in [-0.25, -0.2) is 0 Å². The maximum Gasteiger partial charge on any atom is 0.0594 e. The zero-order chi connectivity index (χ0) is 13.9.